The molecule has 4 aliphatic rings. The van der Waals surface area contributed by atoms with Gasteiger partial charge in [0.15, 0.2) is 0 Å². The molecule has 258 valence electrons. The Labute approximate surface area is 310 Å². The normalized spacial score (nSPS) is 18.3. The summed E-state index contributed by atoms with van der Waals surface area (Å²) in [6.07, 6.45) is 2.39. The molecule has 0 radical (unpaired) electrons. The van der Waals surface area contributed by atoms with Crippen molar-refractivity contribution in [3.05, 3.63) is 137 Å². The van der Waals surface area contributed by atoms with Crippen LogP contribution in [0.1, 0.15) is 103 Å². The number of hydrogen-bond donors (Lipinski definition) is 0. The molecule has 0 aromatic heterocycles. The van der Waals surface area contributed by atoms with Crippen LogP contribution in [0.15, 0.2) is 109 Å². The Balaban J connectivity index is 1.39. The molecule has 0 saturated carbocycles. The van der Waals surface area contributed by atoms with Crippen LogP contribution < -0.4 is 20.6 Å². The lowest BCUT2D eigenvalue weighted by Crippen LogP contribution is -2.62. The summed E-state index contributed by atoms with van der Waals surface area (Å²) in [7, 11) is 0. The van der Waals surface area contributed by atoms with Crippen molar-refractivity contribution < 1.29 is 0 Å². The van der Waals surface area contributed by atoms with Crippen LogP contribution in [0, 0.1) is 0 Å². The minimum atomic E-state index is -0.196. The van der Waals surface area contributed by atoms with E-state index in [0.717, 1.165) is 0 Å². The second kappa shape index (κ2) is 10.2. The highest BCUT2D eigenvalue weighted by molar-refractivity contribution is 6.93. The van der Waals surface area contributed by atoms with E-state index in [1.54, 1.807) is 0 Å². The second-order valence-electron chi connectivity index (χ2n) is 18.9. The lowest BCUT2D eigenvalue weighted by Gasteiger charge is -2.51. The first kappa shape index (κ1) is 31.9. The third-order valence-electron chi connectivity index (χ3n) is 13.4. The first-order chi connectivity index (χ1) is 24.7. The molecule has 0 N–H and O–H groups in total. The average Bonchev–Trinajstić information content (AvgIpc) is 3.12. The minimum Gasteiger partial charge on any atom is -0.376 e. The summed E-state index contributed by atoms with van der Waals surface area (Å²) in [5.74, 6) is 0. The molecule has 52 heavy (non-hydrogen) atoms. The lowest BCUT2D eigenvalue weighted by atomic mass is 9.42. The monoisotopic (exact) mass is 676 g/mol. The third-order valence-corrected chi connectivity index (χ3v) is 13.4. The van der Waals surface area contributed by atoms with Crippen molar-refractivity contribution in [2.45, 2.75) is 96.8 Å². The number of nitrogens with zero attached hydrogens (tertiary/aromatic N) is 2. The van der Waals surface area contributed by atoms with Gasteiger partial charge in [-0.2, -0.15) is 0 Å². The summed E-state index contributed by atoms with van der Waals surface area (Å²) in [5, 5.41) is 2.64. The number of anilines is 5. The van der Waals surface area contributed by atoms with E-state index in [0.29, 0.717) is 0 Å². The smallest absolute Gasteiger partial charge is 0.333 e. The van der Waals surface area contributed by atoms with Crippen molar-refractivity contribution in [2.24, 2.45) is 0 Å². The highest BCUT2D eigenvalue weighted by atomic mass is 15.2. The zero-order valence-corrected chi connectivity index (χ0v) is 32.3. The van der Waals surface area contributed by atoms with Crippen LogP contribution in [0.2, 0.25) is 0 Å². The standard InChI is InChI=1S/C49H49BN2/c1-46(2,3)31-26-35-34-28-37-38(48(6,7)25-24-47(37,4)5)29-41(34)52(32-17-11-10-12-18-32)50-39-21-15-20-36-45(39)51(42(27-31)44(35)50)40-23-22-30-16-13-14-19-33(30)43(40)49(36,8)9/h10-23,26-29H,24-25H2,1-9H3. The Morgan fingerprint density at radius 1 is 0.596 bits per heavy atom. The molecule has 3 heteroatoms. The summed E-state index contributed by atoms with van der Waals surface area (Å²) in [5.41, 5.74) is 19.3. The molecule has 0 bridgehead atoms. The number of hydrogen-bond acceptors (Lipinski definition) is 2. The van der Waals surface area contributed by atoms with Crippen molar-refractivity contribution in [1.29, 1.82) is 0 Å². The van der Waals surface area contributed by atoms with Gasteiger partial charge in [-0.25, -0.2) is 0 Å². The lowest BCUT2D eigenvalue weighted by molar-refractivity contribution is 0.332. The van der Waals surface area contributed by atoms with Gasteiger partial charge < -0.3 is 9.71 Å². The number of benzene rings is 6. The molecular weight excluding hydrogens is 627 g/mol. The Morgan fingerprint density at radius 2 is 1.29 bits per heavy atom. The first-order valence-electron chi connectivity index (χ1n) is 19.4. The fourth-order valence-electron chi connectivity index (χ4n) is 10.4. The number of rotatable bonds is 1. The van der Waals surface area contributed by atoms with E-state index in [1.165, 1.54) is 102 Å². The Morgan fingerprint density at radius 3 is 2.02 bits per heavy atom. The maximum Gasteiger partial charge on any atom is 0.333 e. The molecule has 0 saturated heterocycles. The predicted molar refractivity (Wildman–Crippen MR) is 224 cm³/mol. The van der Waals surface area contributed by atoms with E-state index in [-0.39, 0.29) is 28.5 Å². The SMILES string of the molecule is CC(C)(C)c1cc2c3c(c1)N1c4ccc5ccccc5c4C(C)(C)c4cccc(c41)B3N(c1ccccc1)c1cc3c(cc1-2)C(C)(C)CCC3(C)C. The second-order valence-corrected chi connectivity index (χ2v) is 18.9. The number of fused-ring (bicyclic) bond motifs is 9. The molecular formula is C49H49BN2. The van der Waals surface area contributed by atoms with Gasteiger partial charge in [-0.3, -0.25) is 0 Å². The number of para-hydroxylation sites is 2. The Bertz CT molecular complexity index is 2500. The summed E-state index contributed by atoms with van der Waals surface area (Å²) >= 11 is 0. The maximum absolute atomic E-state index is 2.70. The summed E-state index contributed by atoms with van der Waals surface area (Å²) in [6, 6.07) is 42.4. The summed E-state index contributed by atoms with van der Waals surface area (Å²) in [6.45, 7) is 21.9. The Hall–Kier alpha value is -4.76. The molecule has 0 unspecified atom stereocenters. The van der Waals surface area contributed by atoms with Crippen LogP contribution in [0.4, 0.5) is 28.4 Å². The van der Waals surface area contributed by atoms with E-state index < -0.39 is 0 Å². The van der Waals surface area contributed by atoms with Crippen LogP contribution in [-0.2, 0) is 21.7 Å². The van der Waals surface area contributed by atoms with Crippen molar-refractivity contribution in [3.8, 4) is 11.1 Å². The highest BCUT2D eigenvalue weighted by Crippen LogP contribution is 2.58. The van der Waals surface area contributed by atoms with Gasteiger partial charge in [-0.15, -0.1) is 0 Å². The van der Waals surface area contributed by atoms with Gasteiger partial charge in [0.05, 0.1) is 5.69 Å². The van der Waals surface area contributed by atoms with Crippen LogP contribution >= 0.6 is 0 Å². The highest BCUT2D eigenvalue weighted by Gasteiger charge is 2.51. The molecule has 3 heterocycles. The van der Waals surface area contributed by atoms with Crippen LogP contribution in [0.25, 0.3) is 21.9 Å². The first-order valence-corrected chi connectivity index (χ1v) is 19.4. The van der Waals surface area contributed by atoms with Gasteiger partial charge in [-0.1, -0.05) is 135 Å². The summed E-state index contributed by atoms with van der Waals surface area (Å²) in [4.78, 5) is 5.37. The molecule has 6 aromatic rings. The van der Waals surface area contributed by atoms with Crippen molar-refractivity contribution in [2.75, 3.05) is 9.71 Å². The van der Waals surface area contributed by atoms with E-state index >= 15 is 0 Å². The molecule has 6 aromatic carbocycles. The third kappa shape index (κ3) is 4.14. The van der Waals surface area contributed by atoms with Crippen molar-refractivity contribution in [1.82, 2.24) is 0 Å². The maximum atomic E-state index is 2.70. The van der Waals surface area contributed by atoms with Crippen LogP contribution in [-0.4, -0.2) is 6.85 Å². The van der Waals surface area contributed by atoms with E-state index in [1.807, 2.05) is 0 Å². The van der Waals surface area contributed by atoms with Crippen molar-refractivity contribution >= 4 is 57.0 Å². The molecule has 3 aliphatic heterocycles. The zero-order chi connectivity index (χ0) is 36.1. The molecule has 0 amide bonds. The molecule has 1 aliphatic carbocycles. The van der Waals surface area contributed by atoms with Gasteiger partial charge in [0.1, 0.15) is 0 Å². The fourth-order valence-corrected chi connectivity index (χ4v) is 10.4. The van der Waals surface area contributed by atoms with Gasteiger partial charge in [0.25, 0.3) is 0 Å². The fraction of sp³-hybridized carbons (Fsp3) is 0.306. The minimum absolute atomic E-state index is 0.0238. The largest absolute Gasteiger partial charge is 0.376 e. The predicted octanol–water partition coefficient (Wildman–Crippen LogP) is 11.8. The molecule has 0 spiro atoms. The van der Waals surface area contributed by atoms with Crippen molar-refractivity contribution in [3.63, 3.8) is 0 Å². The topological polar surface area (TPSA) is 6.48 Å². The molecule has 2 nitrogen and oxygen atoms in total. The summed E-state index contributed by atoms with van der Waals surface area (Å²) < 4.78 is 0. The molecule has 0 atom stereocenters. The van der Waals surface area contributed by atoms with Gasteiger partial charge in [-0.05, 0) is 121 Å². The van der Waals surface area contributed by atoms with E-state index in [4.69, 9.17) is 0 Å². The molecule has 0 fully saturated rings. The zero-order valence-electron chi connectivity index (χ0n) is 32.3. The molecule has 10 rings (SSSR count). The van der Waals surface area contributed by atoms with Gasteiger partial charge in [0.2, 0.25) is 0 Å². The average molecular weight is 677 g/mol. The Kier molecular flexibility index (Phi) is 6.28. The van der Waals surface area contributed by atoms with Gasteiger partial charge >= 0.3 is 6.85 Å². The van der Waals surface area contributed by atoms with Crippen LogP contribution in [0.3, 0.4) is 0 Å². The van der Waals surface area contributed by atoms with Crippen LogP contribution in [0.5, 0.6) is 0 Å². The van der Waals surface area contributed by atoms with Gasteiger partial charge in [0, 0.05) is 33.7 Å². The van der Waals surface area contributed by atoms with E-state index in [2.05, 4.69) is 181 Å². The quantitative estimate of drug-likeness (QED) is 0.160. The van der Waals surface area contributed by atoms with E-state index in [9.17, 15) is 0 Å².